The lowest BCUT2D eigenvalue weighted by Gasteiger charge is -2.09. The van der Waals surface area contributed by atoms with Gasteiger partial charge in [-0.3, -0.25) is 4.68 Å². The Morgan fingerprint density at radius 3 is 2.67 bits per heavy atom. The molecule has 0 aliphatic carbocycles. The first-order chi connectivity index (χ1) is 10.1. The molecule has 0 atom stereocenters. The number of rotatable bonds is 3. The number of hydrogen-bond donors (Lipinski definition) is 1. The number of anilines is 1. The number of fused-ring (bicyclic) bond motifs is 1. The SMILES string of the molecule is Cc1nn(C)c2ncc(NCc3c(Cl)cccc3Cl)cc12. The van der Waals surface area contributed by atoms with Crippen LogP contribution in [-0.4, -0.2) is 14.8 Å². The molecule has 0 aliphatic rings. The Bertz CT molecular complexity index is 791. The van der Waals surface area contributed by atoms with Gasteiger partial charge >= 0.3 is 0 Å². The number of hydrogen-bond acceptors (Lipinski definition) is 3. The summed E-state index contributed by atoms with van der Waals surface area (Å²) in [6.07, 6.45) is 1.79. The van der Waals surface area contributed by atoms with Crippen LogP contribution < -0.4 is 5.32 Å². The average molecular weight is 321 g/mol. The van der Waals surface area contributed by atoms with E-state index in [-0.39, 0.29) is 0 Å². The summed E-state index contributed by atoms with van der Waals surface area (Å²) in [4.78, 5) is 4.43. The van der Waals surface area contributed by atoms with Gasteiger partial charge in [0.25, 0.3) is 0 Å². The van der Waals surface area contributed by atoms with Crippen LogP contribution in [0.2, 0.25) is 10.0 Å². The van der Waals surface area contributed by atoms with Gasteiger partial charge in [0, 0.05) is 34.6 Å². The predicted molar refractivity (Wildman–Crippen MR) is 87.0 cm³/mol. The van der Waals surface area contributed by atoms with E-state index in [0.29, 0.717) is 16.6 Å². The van der Waals surface area contributed by atoms with E-state index in [4.69, 9.17) is 23.2 Å². The van der Waals surface area contributed by atoms with Gasteiger partial charge in [0.05, 0.1) is 17.6 Å². The molecule has 3 aromatic rings. The van der Waals surface area contributed by atoms with Crippen molar-refractivity contribution in [1.29, 1.82) is 0 Å². The molecule has 0 unspecified atom stereocenters. The lowest BCUT2D eigenvalue weighted by atomic mass is 10.2. The maximum absolute atomic E-state index is 6.17. The van der Waals surface area contributed by atoms with Gasteiger partial charge in [0.1, 0.15) is 0 Å². The van der Waals surface area contributed by atoms with Gasteiger partial charge < -0.3 is 5.32 Å². The molecule has 0 spiro atoms. The minimum Gasteiger partial charge on any atom is -0.380 e. The van der Waals surface area contributed by atoms with E-state index < -0.39 is 0 Å². The number of aryl methyl sites for hydroxylation is 2. The summed E-state index contributed by atoms with van der Waals surface area (Å²) >= 11 is 12.3. The fourth-order valence-electron chi connectivity index (χ4n) is 2.30. The Labute approximate surface area is 132 Å². The van der Waals surface area contributed by atoms with Gasteiger partial charge in [0.2, 0.25) is 0 Å². The maximum atomic E-state index is 6.17. The van der Waals surface area contributed by atoms with Crippen LogP contribution in [0.15, 0.2) is 30.5 Å². The van der Waals surface area contributed by atoms with Gasteiger partial charge in [-0.25, -0.2) is 4.98 Å². The molecule has 6 heteroatoms. The zero-order valence-electron chi connectivity index (χ0n) is 11.7. The number of aromatic nitrogens is 3. The molecule has 2 aromatic heterocycles. The molecule has 0 fully saturated rings. The summed E-state index contributed by atoms with van der Waals surface area (Å²) in [5, 5.41) is 10.0. The average Bonchev–Trinajstić information content (AvgIpc) is 2.73. The molecule has 1 N–H and O–H groups in total. The summed E-state index contributed by atoms with van der Waals surface area (Å²) in [5.74, 6) is 0. The van der Waals surface area contributed by atoms with Crippen LogP contribution in [0, 0.1) is 6.92 Å². The van der Waals surface area contributed by atoms with Crippen molar-refractivity contribution in [2.45, 2.75) is 13.5 Å². The Balaban J connectivity index is 1.87. The third kappa shape index (κ3) is 2.69. The van der Waals surface area contributed by atoms with Crippen molar-refractivity contribution < 1.29 is 0 Å². The number of benzene rings is 1. The zero-order valence-corrected chi connectivity index (χ0v) is 13.2. The summed E-state index contributed by atoms with van der Waals surface area (Å²) in [7, 11) is 1.89. The Kier molecular flexibility index (Phi) is 3.74. The van der Waals surface area contributed by atoms with E-state index in [9.17, 15) is 0 Å². The molecular weight excluding hydrogens is 307 g/mol. The van der Waals surface area contributed by atoms with Crippen molar-refractivity contribution in [3.05, 3.63) is 51.8 Å². The number of nitrogens with zero attached hydrogens (tertiary/aromatic N) is 3. The van der Waals surface area contributed by atoms with Crippen LogP contribution in [0.1, 0.15) is 11.3 Å². The van der Waals surface area contributed by atoms with E-state index in [1.165, 1.54) is 0 Å². The summed E-state index contributed by atoms with van der Waals surface area (Å²) < 4.78 is 1.78. The number of pyridine rings is 1. The van der Waals surface area contributed by atoms with Crippen molar-refractivity contribution in [3.63, 3.8) is 0 Å². The first kappa shape index (κ1) is 14.2. The third-order valence-electron chi connectivity index (χ3n) is 3.39. The largest absolute Gasteiger partial charge is 0.380 e. The first-order valence-electron chi connectivity index (χ1n) is 6.52. The van der Waals surface area contributed by atoms with Crippen LogP contribution in [0.25, 0.3) is 11.0 Å². The third-order valence-corrected chi connectivity index (χ3v) is 4.10. The zero-order chi connectivity index (χ0) is 15.0. The normalized spacial score (nSPS) is 11.0. The summed E-state index contributed by atoms with van der Waals surface area (Å²) in [6.45, 7) is 2.52. The van der Waals surface area contributed by atoms with E-state index in [1.54, 1.807) is 10.9 Å². The number of halogens is 2. The fraction of sp³-hybridized carbons (Fsp3) is 0.200. The van der Waals surface area contributed by atoms with Crippen LogP contribution in [-0.2, 0) is 13.6 Å². The van der Waals surface area contributed by atoms with Crippen molar-refractivity contribution in [1.82, 2.24) is 14.8 Å². The highest BCUT2D eigenvalue weighted by molar-refractivity contribution is 6.36. The van der Waals surface area contributed by atoms with Crippen LogP contribution in [0.3, 0.4) is 0 Å². The standard InChI is InChI=1S/C15H14Cl2N4/c1-9-11-6-10(7-19-15(11)21(2)20-9)18-8-12-13(16)4-3-5-14(12)17/h3-7,18H,8H2,1-2H3. The van der Waals surface area contributed by atoms with Crippen molar-refractivity contribution in [2.75, 3.05) is 5.32 Å². The predicted octanol–water partition coefficient (Wildman–Crippen LogP) is 4.20. The van der Waals surface area contributed by atoms with Crippen molar-refractivity contribution in [2.24, 2.45) is 7.05 Å². The maximum Gasteiger partial charge on any atom is 0.157 e. The molecular formula is C15H14Cl2N4. The monoisotopic (exact) mass is 320 g/mol. The van der Waals surface area contributed by atoms with Crippen LogP contribution in [0.4, 0.5) is 5.69 Å². The quantitative estimate of drug-likeness (QED) is 0.786. The Hall–Kier alpha value is -1.78. The fourth-order valence-corrected chi connectivity index (χ4v) is 2.83. The lowest BCUT2D eigenvalue weighted by Crippen LogP contribution is -2.01. The van der Waals surface area contributed by atoms with Crippen LogP contribution >= 0.6 is 23.2 Å². The minimum absolute atomic E-state index is 0.547. The molecule has 0 saturated carbocycles. The molecule has 0 amide bonds. The topological polar surface area (TPSA) is 42.7 Å². The van der Waals surface area contributed by atoms with Crippen LogP contribution in [0.5, 0.6) is 0 Å². The van der Waals surface area contributed by atoms with Gasteiger partial charge in [-0.05, 0) is 25.1 Å². The molecule has 21 heavy (non-hydrogen) atoms. The molecule has 4 nitrogen and oxygen atoms in total. The van der Waals surface area contributed by atoms with Gasteiger partial charge in [-0.1, -0.05) is 29.3 Å². The van der Waals surface area contributed by atoms with E-state index >= 15 is 0 Å². The highest BCUT2D eigenvalue weighted by Gasteiger charge is 2.08. The summed E-state index contributed by atoms with van der Waals surface area (Å²) in [6, 6.07) is 7.53. The Morgan fingerprint density at radius 2 is 1.95 bits per heavy atom. The van der Waals surface area contributed by atoms with Crippen molar-refractivity contribution >= 4 is 39.9 Å². The second-order valence-electron chi connectivity index (χ2n) is 4.86. The van der Waals surface area contributed by atoms with Gasteiger partial charge in [-0.2, -0.15) is 5.10 Å². The first-order valence-corrected chi connectivity index (χ1v) is 7.28. The molecule has 108 valence electrons. The van der Waals surface area contributed by atoms with Gasteiger partial charge in [0.15, 0.2) is 5.65 Å². The van der Waals surface area contributed by atoms with E-state index in [2.05, 4.69) is 15.4 Å². The van der Waals surface area contributed by atoms with Gasteiger partial charge in [-0.15, -0.1) is 0 Å². The van der Waals surface area contributed by atoms with E-state index in [1.807, 2.05) is 38.2 Å². The molecule has 3 rings (SSSR count). The molecule has 2 heterocycles. The molecule has 0 bridgehead atoms. The lowest BCUT2D eigenvalue weighted by molar-refractivity contribution is 0.774. The molecule has 1 aromatic carbocycles. The smallest absolute Gasteiger partial charge is 0.157 e. The molecule has 0 aliphatic heterocycles. The second kappa shape index (κ2) is 5.54. The highest BCUT2D eigenvalue weighted by Crippen LogP contribution is 2.26. The Morgan fingerprint density at radius 1 is 1.24 bits per heavy atom. The number of nitrogens with one attached hydrogen (secondary N) is 1. The van der Waals surface area contributed by atoms with E-state index in [0.717, 1.165) is 28.0 Å². The molecule has 0 radical (unpaired) electrons. The minimum atomic E-state index is 0.547. The highest BCUT2D eigenvalue weighted by atomic mass is 35.5. The van der Waals surface area contributed by atoms with Crippen molar-refractivity contribution in [3.8, 4) is 0 Å². The summed E-state index contributed by atoms with van der Waals surface area (Å²) in [5.41, 5.74) is 3.62. The molecule has 0 saturated heterocycles. The second-order valence-corrected chi connectivity index (χ2v) is 5.67.